The number of nitrogens with one attached hydrogen (secondary N) is 1. The van der Waals surface area contributed by atoms with E-state index in [1.165, 1.54) is 17.3 Å². The largest absolute Gasteiger partial charge is 0.399 e. The van der Waals surface area contributed by atoms with Gasteiger partial charge in [-0.25, -0.2) is 29.9 Å². The van der Waals surface area contributed by atoms with Crippen LogP contribution in [0.4, 0.5) is 23.0 Å². The molecule has 0 aliphatic heterocycles. The standard InChI is InChI=1S/C17H15N3.C11H9ClN2.2C6H7N.C4H2Cl2N2.8C2H6/c1-3-7-14(8-4-1)13-16-11-12-18-17(20-16)19-15-9-5-2-6-10-15;12-11-13-7-6-10(14-11)8-9-4-2-1-3-5-9;2*7-6-4-2-1-3-5-6;5-3-1-2-7-4(6)8-3;8*1-2/h1-12H,13H2,(H,18,19,20);1-7H,8H2;2*1-5H,7H2;1-2H;8*1-2H3. The molecule has 8 rings (SSSR count). The highest BCUT2D eigenvalue weighted by molar-refractivity contribution is 6.31. The zero-order valence-electron chi connectivity index (χ0n) is 46.3. The van der Waals surface area contributed by atoms with E-state index in [0.717, 1.165) is 41.3 Å². The molecular formula is C60H88Cl3N9. The number of rotatable bonds is 6. The minimum Gasteiger partial charge on any atom is -0.399 e. The van der Waals surface area contributed by atoms with Crippen molar-refractivity contribution in [1.82, 2.24) is 29.9 Å². The molecule has 0 radical (unpaired) electrons. The number of nitrogens with two attached hydrogens (primary N) is 2. The lowest BCUT2D eigenvalue weighted by molar-refractivity contribution is 1.03. The number of hydrogen-bond donors (Lipinski definition) is 3. The fraction of sp³-hybridized carbons (Fsp3) is 0.300. The highest BCUT2D eigenvalue weighted by Crippen LogP contribution is 2.14. The van der Waals surface area contributed by atoms with Gasteiger partial charge in [-0.1, -0.05) is 238 Å². The molecule has 5 N–H and O–H groups in total. The van der Waals surface area contributed by atoms with Gasteiger partial charge in [0.1, 0.15) is 5.15 Å². The second kappa shape index (κ2) is 58.9. The molecule has 0 saturated carbocycles. The first-order valence-corrected chi connectivity index (χ1v) is 26.4. The zero-order valence-corrected chi connectivity index (χ0v) is 48.6. The lowest BCUT2D eigenvalue weighted by atomic mass is 10.1. The molecular weight excluding hydrogens is 953 g/mol. The molecule has 12 heteroatoms. The van der Waals surface area contributed by atoms with E-state index in [1.807, 2.05) is 250 Å². The van der Waals surface area contributed by atoms with Crippen LogP contribution in [-0.4, -0.2) is 29.9 Å². The number of hydrogen-bond acceptors (Lipinski definition) is 9. The molecule has 0 aliphatic rings. The van der Waals surface area contributed by atoms with Crippen LogP contribution < -0.4 is 16.8 Å². The van der Waals surface area contributed by atoms with Gasteiger partial charge in [-0.15, -0.1) is 0 Å². The van der Waals surface area contributed by atoms with E-state index in [4.69, 9.17) is 46.3 Å². The summed E-state index contributed by atoms with van der Waals surface area (Å²) in [6.45, 7) is 32.0. The quantitative estimate of drug-likeness (QED) is 0.0843. The Morgan fingerprint density at radius 2 is 0.653 bits per heavy atom. The van der Waals surface area contributed by atoms with Gasteiger partial charge in [0.25, 0.3) is 0 Å². The lowest BCUT2D eigenvalue weighted by Gasteiger charge is -2.06. The topological polar surface area (TPSA) is 141 Å². The number of benzene rings is 5. The third kappa shape index (κ3) is 43.6. The van der Waals surface area contributed by atoms with Gasteiger partial charge in [-0.3, -0.25) is 0 Å². The molecule has 0 fully saturated rings. The van der Waals surface area contributed by atoms with Crippen molar-refractivity contribution in [3.63, 3.8) is 0 Å². The molecule has 0 aliphatic carbocycles. The van der Waals surface area contributed by atoms with Crippen molar-refractivity contribution in [2.45, 2.75) is 124 Å². The monoisotopic (exact) mass is 1040 g/mol. The summed E-state index contributed by atoms with van der Waals surface area (Å²) in [6, 6.07) is 54.8. The van der Waals surface area contributed by atoms with E-state index < -0.39 is 0 Å². The number of nitrogens with zero attached hydrogens (tertiary/aromatic N) is 6. The maximum Gasteiger partial charge on any atom is 0.227 e. The molecule has 0 atom stereocenters. The highest BCUT2D eigenvalue weighted by Gasteiger charge is 2.02. The van der Waals surface area contributed by atoms with Gasteiger partial charge in [0.2, 0.25) is 16.5 Å². The van der Waals surface area contributed by atoms with Crippen molar-refractivity contribution in [2.24, 2.45) is 0 Å². The molecule has 394 valence electrons. The first kappa shape index (κ1) is 74.6. The molecule has 5 aromatic carbocycles. The molecule has 0 bridgehead atoms. The number of anilines is 4. The Morgan fingerprint density at radius 1 is 0.347 bits per heavy atom. The smallest absolute Gasteiger partial charge is 0.227 e. The Bertz CT molecular complexity index is 2130. The van der Waals surface area contributed by atoms with Crippen molar-refractivity contribution < 1.29 is 0 Å². The molecule has 3 aromatic heterocycles. The summed E-state index contributed by atoms with van der Waals surface area (Å²) < 4.78 is 0. The van der Waals surface area contributed by atoms with Gasteiger partial charge in [-0.2, -0.15) is 0 Å². The second-order valence-electron chi connectivity index (χ2n) is 11.5. The summed E-state index contributed by atoms with van der Waals surface area (Å²) >= 11 is 16.4. The van der Waals surface area contributed by atoms with Crippen molar-refractivity contribution in [1.29, 1.82) is 0 Å². The maximum absolute atomic E-state index is 5.69. The van der Waals surface area contributed by atoms with E-state index in [9.17, 15) is 0 Å². The summed E-state index contributed by atoms with van der Waals surface area (Å²) in [5.41, 5.74) is 17.8. The fourth-order valence-electron chi connectivity index (χ4n) is 4.50. The molecule has 9 nitrogen and oxygen atoms in total. The van der Waals surface area contributed by atoms with Crippen molar-refractivity contribution in [2.75, 3.05) is 16.8 Å². The predicted octanol–water partition coefficient (Wildman–Crippen LogP) is 19.1. The molecule has 0 saturated heterocycles. The number of nitrogen functional groups attached to an aromatic ring is 2. The summed E-state index contributed by atoms with van der Waals surface area (Å²) in [5.74, 6) is 0.629. The van der Waals surface area contributed by atoms with Crippen LogP contribution in [0.25, 0.3) is 0 Å². The predicted molar refractivity (Wildman–Crippen MR) is 322 cm³/mol. The SMILES string of the molecule is CC.CC.CC.CC.CC.CC.CC.CC.Clc1ccnc(Cl)n1.Clc1nccc(Cc2ccccc2)n1.Nc1ccccc1.Nc1ccccc1.c1ccc(Cc2ccnc(Nc3ccccc3)n2)cc1. The number of para-hydroxylation sites is 3. The highest BCUT2D eigenvalue weighted by atomic mass is 35.5. The summed E-state index contributed by atoms with van der Waals surface area (Å²) in [5, 5.41) is 4.06. The van der Waals surface area contributed by atoms with Crippen LogP contribution in [0.3, 0.4) is 0 Å². The Balaban J connectivity index is -0.000000254. The Labute approximate surface area is 452 Å². The lowest BCUT2D eigenvalue weighted by Crippen LogP contribution is -2.00. The maximum atomic E-state index is 5.69. The molecule has 72 heavy (non-hydrogen) atoms. The van der Waals surface area contributed by atoms with Crippen LogP contribution in [0.1, 0.15) is 133 Å². The van der Waals surface area contributed by atoms with E-state index in [-0.39, 0.29) is 5.28 Å². The normalized spacial score (nSPS) is 8.15. The van der Waals surface area contributed by atoms with Crippen LogP contribution in [0.5, 0.6) is 0 Å². The first-order valence-electron chi connectivity index (χ1n) is 25.3. The zero-order chi connectivity index (χ0) is 55.6. The summed E-state index contributed by atoms with van der Waals surface area (Å²) in [6.07, 6.45) is 6.57. The van der Waals surface area contributed by atoms with E-state index in [0.29, 0.717) is 16.4 Å². The molecule has 0 amide bonds. The van der Waals surface area contributed by atoms with Crippen LogP contribution in [0.15, 0.2) is 188 Å². The number of aromatic nitrogens is 6. The Kier molecular flexibility index (Phi) is 61.0. The van der Waals surface area contributed by atoms with Gasteiger partial charge in [0.15, 0.2) is 0 Å². The fourth-order valence-corrected chi connectivity index (χ4v) is 5.00. The Hall–Kier alpha value is -6.39. The van der Waals surface area contributed by atoms with Gasteiger partial charge in [0, 0.05) is 54.2 Å². The van der Waals surface area contributed by atoms with Crippen molar-refractivity contribution in [3.05, 3.63) is 227 Å². The van der Waals surface area contributed by atoms with Crippen LogP contribution >= 0.6 is 34.8 Å². The van der Waals surface area contributed by atoms with E-state index in [2.05, 4.69) is 59.5 Å². The molecule has 0 spiro atoms. The third-order valence-electron chi connectivity index (χ3n) is 7.07. The molecule has 0 unspecified atom stereocenters. The van der Waals surface area contributed by atoms with Crippen LogP contribution in [0.2, 0.25) is 15.7 Å². The summed E-state index contributed by atoms with van der Waals surface area (Å²) in [4.78, 5) is 24.0. The van der Waals surface area contributed by atoms with Crippen LogP contribution in [-0.2, 0) is 12.8 Å². The van der Waals surface area contributed by atoms with Crippen molar-refractivity contribution in [3.8, 4) is 0 Å². The minimum absolute atomic E-state index is 0.178. The van der Waals surface area contributed by atoms with Crippen molar-refractivity contribution >= 4 is 57.8 Å². The average Bonchev–Trinajstić information content (AvgIpc) is 3.45. The van der Waals surface area contributed by atoms with E-state index in [1.54, 1.807) is 18.5 Å². The van der Waals surface area contributed by atoms with Crippen LogP contribution in [0, 0.1) is 0 Å². The Morgan fingerprint density at radius 3 is 0.958 bits per heavy atom. The van der Waals surface area contributed by atoms with Gasteiger partial charge in [-0.05, 0) is 88.9 Å². The first-order chi connectivity index (χ1) is 35.3. The number of halogens is 3. The minimum atomic E-state index is 0.178. The van der Waals surface area contributed by atoms with Gasteiger partial charge < -0.3 is 16.8 Å². The third-order valence-corrected chi connectivity index (χ3v) is 7.65. The second-order valence-corrected chi connectivity index (χ2v) is 12.5. The van der Waals surface area contributed by atoms with E-state index >= 15 is 0 Å². The van der Waals surface area contributed by atoms with Gasteiger partial charge >= 0.3 is 0 Å². The molecule has 3 heterocycles. The van der Waals surface area contributed by atoms with Gasteiger partial charge in [0.05, 0.1) is 5.69 Å². The average molecular weight is 1040 g/mol. The summed E-state index contributed by atoms with van der Waals surface area (Å²) in [7, 11) is 0. The molecule has 8 aromatic rings.